The van der Waals surface area contributed by atoms with E-state index in [9.17, 15) is 5.11 Å². The smallest absolute Gasteiger partial charge is 0.161 e. The number of halogens is 1. The van der Waals surface area contributed by atoms with Crippen molar-refractivity contribution in [3.63, 3.8) is 0 Å². The van der Waals surface area contributed by atoms with E-state index in [1.54, 1.807) is 14.2 Å². The number of nitrogens with zero attached hydrogens (tertiary/aromatic N) is 2. The molecule has 1 atom stereocenters. The predicted molar refractivity (Wildman–Crippen MR) is 137 cm³/mol. The third-order valence-electron chi connectivity index (χ3n) is 5.93. The summed E-state index contributed by atoms with van der Waals surface area (Å²) >= 11 is 6.32. The third-order valence-corrected chi connectivity index (χ3v) is 6.16. The highest BCUT2D eigenvalue weighted by molar-refractivity contribution is 6.31. The van der Waals surface area contributed by atoms with Crippen LogP contribution in [0.5, 0.6) is 11.5 Å². The number of benzene rings is 2. The molecule has 0 radical (unpaired) electrons. The van der Waals surface area contributed by atoms with Crippen LogP contribution in [0.2, 0.25) is 5.02 Å². The van der Waals surface area contributed by atoms with Crippen molar-refractivity contribution < 1.29 is 14.6 Å². The summed E-state index contributed by atoms with van der Waals surface area (Å²) in [5.74, 6) is 1.30. The van der Waals surface area contributed by atoms with Gasteiger partial charge in [-0.25, -0.2) is 4.98 Å². The monoisotopic (exact) mass is 470 g/mol. The normalized spacial score (nSPS) is 12.3. The lowest BCUT2D eigenvalue weighted by atomic mass is 9.99. The van der Waals surface area contributed by atoms with E-state index in [1.165, 1.54) is 0 Å². The summed E-state index contributed by atoms with van der Waals surface area (Å²) in [5.41, 5.74) is 3.31. The second-order valence-corrected chi connectivity index (χ2v) is 8.79. The summed E-state index contributed by atoms with van der Waals surface area (Å²) in [6, 6.07) is 13.3. The minimum absolute atomic E-state index is 0.580. The van der Waals surface area contributed by atoms with Crippen LogP contribution in [0.3, 0.4) is 0 Å². The Morgan fingerprint density at radius 3 is 2.27 bits per heavy atom. The van der Waals surface area contributed by atoms with Crippen LogP contribution in [0.15, 0.2) is 42.5 Å². The number of unbranched alkanes of at least 4 members (excludes halogenated alkanes) is 2. The van der Waals surface area contributed by atoms with Crippen molar-refractivity contribution in [1.82, 2.24) is 9.88 Å². The Bertz CT molecular complexity index is 1050. The third kappa shape index (κ3) is 6.38. The number of methoxy groups -OCH3 is 2. The van der Waals surface area contributed by atoms with Crippen LogP contribution in [0.25, 0.3) is 22.2 Å². The van der Waals surface area contributed by atoms with Crippen LogP contribution in [-0.4, -0.2) is 48.8 Å². The van der Waals surface area contributed by atoms with Crippen molar-refractivity contribution in [2.45, 2.75) is 45.6 Å². The SMILES string of the molecule is CCCCN(CCCC)CC(O)c1cc(-c2ccc(OC)c(OC)c2)nc2ccc(Cl)cc12. The van der Waals surface area contributed by atoms with E-state index >= 15 is 0 Å². The summed E-state index contributed by atoms with van der Waals surface area (Å²) in [4.78, 5) is 7.22. The Morgan fingerprint density at radius 2 is 1.64 bits per heavy atom. The quantitative estimate of drug-likeness (QED) is 0.327. The van der Waals surface area contributed by atoms with Crippen LogP contribution in [0.4, 0.5) is 0 Å². The molecular weight excluding hydrogens is 436 g/mol. The lowest BCUT2D eigenvalue weighted by Gasteiger charge is -2.26. The zero-order valence-electron chi connectivity index (χ0n) is 20.1. The second kappa shape index (κ2) is 12.2. The lowest BCUT2D eigenvalue weighted by molar-refractivity contribution is 0.112. The van der Waals surface area contributed by atoms with Crippen molar-refractivity contribution >= 4 is 22.5 Å². The first-order valence-corrected chi connectivity index (χ1v) is 12.1. The average molecular weight is 471 g/mol. The highest BCUT2D eigenvalue weighted by Crippen LogP contribution is 2.35. The van der Waals surface area contributed by atoms with Crippen molar-refractivity contribution in [3.8, 4) is 22.8 Å². The van der Waals surface area contributed by atoms with Crippen molar-refractivity contribution in [1.29, 1.82) is 0 Å². The van der Waals surface area contributed by atoms with Crippen molar-refractivity contribution in [2.75, 3.05) is 33.9 Å². The Morgan fingerprint density at radius 1 is 0.939 bits per heavy atom. The number of rotatable bonds is 12. The standard InChI is InChI=1S/C27H35ClN2O3/c1-5-7-13-30(14-8-6-2)18-25(31)22-17-24(29-23-11-10-20(28)16-21(22)23)19-9-12-26(32-3)27(15-19)33-4/h9-12,15-17,25,31H,5-8,13-14,18H2,1-4H3. The molecule has 0 saturated carbocycles. The maximum Gasteiger partial charge on any atom is 0.161 e. The fraction of sp³-hybridized carbons (Fsp3) is 0.444. The number of fused-ring (bicyclic) bond motifs is 1. The van der Waals surface area contributed by atoms with Gasteiger partial charge < -0.3 is 19.5 Å². The van der Waals surface area contributed by atoms with Gasteiger partial charge in [-0.15, -0.1) is 0 Å². The number of aliphatic hydroxyl groups is 1. The van der Waals surface area contributed by atoms with Gasteiger partial charge in [-0.2, -0.15) is 0 Å². The number of aromatic nitrogens is 1. The van der Waals surface area contributed by atoms with E-state index in [0.717, 1.165) is 66.5 Å². The molecule has 0 fully saturated rings. The minimum atomic E-state index is -0.651. The van der Waals surface area contributed by atoms with Gasteiger partial charge in [0.15, 0.2) is 11.5 Å². The Balaban J connectivity index is 2.03. The summed E-state index contributed by atoms with van der Waals surface area (Å²) in [6.07, 6.45) is 3.86. The molecule has 0 aliphatic heterocycles. The lowest BCUT2D eigenvalue weighted by Crippen LogP contribution is -2.31. The molecular formula is C27H35ClN2O3. The van der Waals surface area contributed by atoms with Gasteiger partial charge in [0.2, 0.25) is 0 Å². The molecule has 0 bridgehead atoms. The molecule has 3 aromatic rings. The minimum Gasteiger partial charge on any atom is -0.493 e. The van der Waals surface area contributed by atoms with Gasteiger partial charge in [-0.1, -0.05) is 38.3 Å². The van der Waals surface area contributed by atoms with Gasteiger partial charge in [0.25, 0.3) is 0 Å². The molecule has 0 spiro atoms. The fourth-order valence-electron chi connectivity index (χ4n) is 4.04. The van der Waals surface area contributed by atoms with Crippen LogP contribution < -0.4 is 9.47 Å². The Kier molecular flexibility index (Phi) is 9.36. The highest BCUT2D eigenvalue weighted by Gasteiger charge is 2.19. The molecule has 0 amide bonds. The molecule has 0 saturated heterocycles. The predicted octanol–water partition coefficient (Wildman–Crippen LogP) is 6.51. The van der Waals surface area contributed by atoms with E-state index in [4.69, 9.17) is 26.1 Å². The largest absolute Gasteiger partial charge is 0.493 e. The molecule has 3 rings (SSSR count). The molecule has 1 heterocycles. The Labute approximate surface area is 202 Å². The fourth-order valence-corrected chi connectivity index (χ4v) is 4.22. The van der Waals surface area contributed by atoms with Gasteiger partial charge in [-0.05, 0) is 74.0 Å². The van der Waals surface area contributed by atoms with Gasteiger partial charge >= 0.3 is 0 Å². The molecule has 33 heavy (non-hydrogen) atoms. The molecule has 1 N–H and O–H groups in total. The van der Waals surface area contributed by atoms with E-state index in [0.29, 0.717) is 23.1 Å². The van der Waals surface area contributed by atoms with Crippen LogP contribution in [0, 0.1) is 0 Å². The van der Waals surface area contributed by atoms with E-state index in [1.807, 2.05) is 42.5 Å². The maximum atomic E-state index is 11.4. The Hall–Kier alpha value is -2.34. The first kappa shape index (κ1) is 25.3. The first-order valence-electron chi connectivity index (χ1n) is 11.7. The highest BCUT2D eigenvalue weighted by atomic mass is 35.5. The molecule has 1 aromatic heterocycles. The molecule has 0 aliphatic rings. The topological polar surface area (TPSA) is 54.8 Å². The van der Waals surface area contributed by atoms with Crippen LogP contribution in [0.1, 0.15) is 51.2 Å². The number of pyridine rings is 1. The number of hydrogen-bond donors (Lipinski definition) is 1. The molecule has 6 heteroatoms. The van der Waals surface area contributed by atoms with E-state index in [2.05, 4.69) is 18.7 Å². The maximum absolute atomic E-state index is 11.4. The molecule has 1 unspecified atom stereocenters. The summed E-state index contributed by atoms with van der Waals surface area (Å²) in [6.45, 7) is 6.95. The zero-order chi connectivity index (χ0) is 23.8. The first-order chi connectivity index (χ1) is 16.0. The number of ether oxygens (including phenoxy) is 2. The van der Waals surface area contributed by atoms with Crippen LogP contribution in [-0.2, 0) is 0 Å². The molecule has 178 valence electrons. The molecule has 2 aromatic carbocycles. The van der Waals surface area contributed by atoms with Gasteiger partial charge in [0, 0.05) is 22.5 Å². The van der Waals surface area contributed by atoms with E-state index in [-0.39, 0.29) is 0 Å². The zero-order valence-corrected chi connectivity index (χ0v) is 20.9. The van der Waals surface area contributed by atoms with Crippen LogP contribution >= 0.6 is 11.6 Å². The van der Waals surface area contributed by atoms with Gasteiger partial charge in [-0.3, -0.25) is 0 Å². The second-order valence-electron chi connectivity index (χ2n) is 8.35. The van der Waals surface area contributed by atoms with Gasteiger partial charge in [0.05, 0.1) is 31.5 Å². The molecule has 5 nitrogen and oxygen atoms in total. The van der Waals surface area contributed by atoms with Gasteiger partial charge in [0.1, 0.15) is 0 Å². The number of aliphatic hydroxyl groups excluding tert-OH is 1. The van der Waals surface area contributed by atoms with Crippen molar-refractivity contribution in [2.24, 2.45) is 0 Å². The summed E-state index contributed by atoms with van der Waals surface area (Å²) in [5, 5.41) is 12.9. The van der Waals surface area contributed by atoms with E-state index < -0.39 is 6.10 Å². The summed E-state index contributed by atoms with van der Waals surface area (Å²) < 4.78 is 10.9. The number of hydrogen-bond acceptors (Lipinski definition) is 5. The average Bonchev–Trinajstić information content (AvgIpc) is 2.84. The molecule has 0 aliphatic carbocycles. The summed E-state index contributed by atoms with van der Waals surface area (Å²) in [7, 11) is 3.24. The van der Waals surface area contributed by atoms with Crippen molar-refractivity contribution in [3.05, 3.63) is 53.1 Å².